The van der Waals surface area contributed by atoms with Crippen molar-refractivity contribution < 1.29 is 5.11 Å². The molecule has 0 saturated carbocycles. The molecule has 0 spiro atoms. The van der Waals surface area contributed by atoms with E-state index in [2.05, 4.69) is 15.3 Å². The van der Waals surface area contributed by atoms with E-state index in [0.29, 0.717) is 17.1 Å². The Kier molecular flexibility index (Phi) is 3.27. The smallest absolute Gasteiger partial charge is 0.154 e. The van der Waals surface area contributed by atoms with Crippen molar-refractivity contribution in [3.8, 4) is 28.1 Å². The zero-order chi connectivity index (χ0) is 14.8. The number of aryl methyl sites for hydroxylation is 1. The van der Waals surface area contributed by atoms with Crippen LogP contribution in [0.1, 0.15) is 6.92 Å². The van der Waals surface area contributed by atoms with Gasteiger partial charge in [-0.05, 0) is 25.1 Å². The molecule has 3 rings (SSSR count). The van der Waals surface area contributed by atoms with Crippen LogP contribution in [0, 0.1) is 0 Å². The van der Waals surface area contributed by atoms with E-state index in [1.165, 1.54) is 0 Å². The predicted octanol–water partition coefficient (Wildman–Crippen LogP) is 2.31. The van der Waals surface area contributed by atoms with Gasteiger partial charge in [0, 0.05) is 29.4 Å². The van der Waals surface area contributed by atoms with Crippen LogP contribution in [0.5, 0.6) is 5.75 Å². The lowest BCUT2D eigenvalue weighted by molar-refractivity contribution is 0.477. The first kappa shape index (κ1) is 13.1. The molecular formula is C15H15N5O. The summed E-state index contributed by atoms with van der Waals surface area (Å²) < 4.78 is 1.81. The van der Waals surface area contributed by atoms with E-state index in [0.717, 1.165) is 17.7 Å². The Morgan fingerprint density at radius 3 is 2.71 bits per heavy atom. The normalized spacial score (nSPS) is 10.7. The number of nitrogens with two attached hydrogens (primary N) is 1. The number of nitrogen functional groups attached to an aromatic ring is 1. The number of nitrogens with zero attached hydrogens (tertiary/aromatic N) is 4. The van der Waals surface area contributed by atoms with Gasteiger partial charge in [-0.1, -0.05) is 12.1 Å². The number of para-hydroxylation sites is 1. The van der Waals surface area contributed by atoms with Crippen molar-refractivity contribution in [2.45, 2.75) is 13.5 Å². The van der Waals surface area contributed by atoms with Crippen LogP contribution in [-0.2, 0) is 6.54 Å². The molecule has 0 unspecified atom stereocenters. The minimum atomic E-state index is 0.159. The first-order valence-corrected chi connectivity index (χ1v) is 6.63. The quantitative estimate of drug-likeness (QED) is 0.769. The zero-order valence-corrected chi connectivity index (χ0v) is 11.6. The van der Waals surface area contributed by atoms with Gasteiger partial charge in [0.25, 0.3) is 0 Å². The van der Waals surface area contributed by atoms with E-state index in [4.69, 9.17) is 5.73 Å². The third-order valence-corrected chi connectivity index (χ3v) is 3.27. The Labute approximate surface area is 121 Å². The fourth-order valence-corrected chi connectivity index (χ4v) is 2.13. The van der Waals surface area contributed by atoms with E-state index in [-0.39, 0.29) is 5.75 Å². The maximum absolute atomic E-state index is 9.92. The lowest BCUT2D eigenvalue weighted by atomic mass is 10.1. The number of hydrogen-bond acceptors (Lipinski definition) is 5. The molecule has 0 aliphatic heterocycles. The first-order valence-electron chi connectivity index (χ1n) is 6.63. The SMILES string of the molecule is CCn1cc(-c2cc(-c3ccccc3O)nnc2N)cn1. The summed E-state index contributed by atoms with van der Waals surface area (Å²) in [6, 6.07) is 8.81. The molecule has 21 heavy (non-hydrogen) atoms. The Balaban J connectivity index is 2.10. The molecule has 6 heteroatoms. The number of aromatic nitrogens is 4. The monoisotopic (exact) mass is 281 g/mol. The number of phenolic OH excluding ortho intramolecular Hbond substituents is 1. The van der Waals surface area contributed by atoms with Crippen LogP contribution >= 0.6 is 0 Å². The summed E-state index contributed by atoms with van der Waals surface area (Å²) >= 11 is 0. The molecule has 0 aliphatic carbocycles. The number of aromatic hydroxyl groups is 1. The largest absolute Gasteiger partial charge is 0.507 e. The van der Waals surface area contributed by atoms with Crippen LogP contribution < -0.4 is 5.73 Å². The fraction of sp³-hybridized carbons (Fsp3) is 0.133. The molecule has 0 radical (unpaired) electrons. The number of anilines is 1. The number of hydrogen-bond donors (Lipinski definition) is 2. The van der Waals surface area contributed by atoms with Crippen LogP contribution in [0.15, 0.2) is 42.7 Å². The molecule has 0 aliphatic rings. The average molecular weight is 281 g/mol. The van der Waals surface area contributed by atoms with Crippen molar-refractivity contribution >= 4 is 5.82 Å². The molecule has 0 atom stereocenters. The van der Waals surface area contributed by atoms with Gasteiger partial charge in [0.2, 0.25) is 0 Å². The van der Waals surface area contributed by atoms with Gasteiger partial charge in [0.05, 0.1) is 11.9 Å². The fourth-order valence-electron chi connectivity index (χ4n) is 2.13. The Morgan fingerprint density at radius 1 is 1.19 bits per heavy atom. The molecule has 2 aromatic heterocycles. The van der Waals surface area contributed by atoms with Crippen molar-refractivity contribution in [1.82, 2.24) is 20.0 Å². The summed E-state index contributed by atoms with van der Waals surface area (Å²) in [5, 5.41) is 22.2. The molecule has 106 valence electrons. The van der Waals surface area contributed by atoms with Gasteiger partial charge in [-0.15, -0.1) is 10.2 Å². The van der Waals surface area contributed by atoms with Gasteiger partial charge < -0.3 is 10.8 Å². The second-order valence-electron chi connectivity index (χ2n) is 4.63. The summed E-state index contributed by atoms with van der Waals surface area (Å²) in [6.07, 6.45) is 3.65. The maximum Gasteiger partial charge on any atom is 0.154 e. The van der Waals surface area contributed by atoms with Crippen molar-refractivity contribution in [2.24, 2.45) is 0 Å². The third kappa shape index (κ3) is 2.43. The van der Waals surface area contributed by atoms with E-state index in [1.807, 2.05) is 29.9 Å². The number of phenols is 1. The summed E-state index contributed by atoms with van der Waals surface area (Å²) in [5.74, 6) is 0.497. The van der Waals surface area contributed by atoms with Gasteiger partial charge in [-0.3, -0.25) is 4.68 Å². The molecule has 1 aromatic carbocycles. The van der Waals surface area contributed by atoms with E-state index >= 15 is 0 Å². The van der Waals surface area contributed by atoms with Crippen LogP contribution in [0.4, 0.5) is 5.82 Å². The van der Waals surface area contributed by atoms with Crippen molar-refractivity contribution in [3.05, 3.63) is 42.7 Å². The van der Waals surface area contributed by atoms with E-state index in [9.17, 15) is 5.11 Å². The molecule has 2 heterocycles. The van der Waals surface area contributed by atoms with Crippen molar-refractivity contribution in [3.63, 3.8) is 0 Å². The number of benzene rings is 1. The molecule has 0 fully saturated rings. The van der Waals surface area contributed by atoms with Gasteiger partial charge in [-0.2, -0.15) is 5.10 Å². The Hall–Kier alpha value is -2.89. The van der Waals surface area contributed by atoms with Crippen LogP contribution in [0.3, 0.4) is 0 Å². The predicted molar refractivity (Wildman–Crippen MR) is 80.4 cm³/mol. The highest BCUT2D eigenvalue weighted by molar-refractivity contribution is 5.78. The summed E-state index contributed by atoms with van der Waals surface area (Å²) in [4.78, 5) is 0. The Morgan fingerprint density at radius 2 is 2.00 bits per heavy atom. The van der Waals surface area contributed by atoms with Crippen LogP contribution in [0.25, 0.3) is 22.4 Å². The molecule has 3 aromatic rings. The third-order valence-electron chi connectivity index (χ3n) is 3.27. The topological polar surface area (TPSA) is 89.8 Å². The second kappa shape index (κ2) is 5.24. The maximum atomic E-state index is 9.92. The lowest BCUT2D eigenvalue weighted by Crippen LogP contribution is -1.98. The standard InChI is InChI=1S/C15H15N5O/c1-2-20-9-10(8-17-20)12-7-13(18-19-15(12)16)11-5-3-4-6-14(11)21/h3-9,21H,2H2,1H3,(H2,16,19). The molecule has 6 nitrogen and oxygen atoms in total. The highest BCUT2D eigenvalue weighted by Crippen LogP contribution is 2.31. The summed E-state index contributed by atoms with van der Waals surface area (Å²) in [7, 11) is 0. The average Bonchev–Trinajstić information content (AvgIpc) is 2.97. The molecule has 0 amide bonds. The minimum Gasteiger partial charge on any atom is -0.507 e. The second-order valence-corrected chi connectivity index (χ2v) is 4.63. The molecule has 0 saturated heterocycles. The minimum absolute atomic E-state index is 0.159. The Bertz CT molecular complexity index is 781. The zero-order valence-electron chi connectivity index (χ0n) is 11.6. The lowest BCUT2D eigenvalue weighted by Gasteiger charge is -2.06. The molecule has 0 bridgehead atoms. The van der Waals surface area contributed by atoms with E-state index < -0.39 is 0 Å². The van der Waals surface area contributed by atoms with Crippen LogP contribution in [-0.4, -0.2) is 25.1 Å². The summed E-state index contributed by atoms with van der Waals surface area (Å²) in [6.45, 7) is 2.79. The number of rotatable bonds is 3. The van der Waals surface area contributed by atoms with Gasteiger partial charge >= 0.3 is 0 Å². The van der Waals surface area contributed by atoms with Gasteiger partial charge in [0.15, 0.2) is 5.82 Å². The first-order chi connectivity index (χ1) is 10.2. The van der Waals surface area contributed by atoms with Crippen molar-refractivity contribution in [1.29, 1.82) is 0 Å². The van der Waals surface area contributed by atoms with E-state index in [1.54, 1.807) is 24.4 Å². The van der Waals surface area contributed by atoms with Crippen LogP contribution in [0.2, 0.25) is 0 Å². The molecular weight excluding hydrogens is 266 g/mol. The highest BCUT2D eigenvalue weighted by Gasteiger charge is 2.12. The van der Waals surface area contributed by atoms with Gasteiger partial charge in [-0.25, -0.2) is 0 Å². The molecule has 3 N–H and O–H groups in total. The highest BCUT2D eigenvalue weighted by atomic mass is 16.3. The van der Waals surface area contributed by atoms with Crippen molar-refractivity contribution in [2.75, 3.05) is 5.73 Å². The van der Waals surface area contributed by atoms with Gasteiger partial charge in [0.1, 0.15) is 5.75 Å². The summed E-state index contributed by atoms with van der Waals surface area (Å²) in [5.41, 5.74) is 8.73.